The van der Waals surface area contributed by atoms with Gasteiger partial charge in [0.25, 0.3) is 0 Å². The Morgan fingerprint density at radius 3 is 2.73 bits per heavy atom. The molecule has 0 bridgehead atoms. The fourth-order valence-electron chi connectivity index (χ4n) is 2.05. The van der Waals surface area contributed by atoms with Gasteiger partial charge in [-0.15, -0.1) is 0 Å². The predicted molar refractivity (Wildman–Crippen MR) is 51.9 cm³/mol. The zero-order valence-electron chi connectivity index (χ0n) is 7.71. The molecule has 1 nitrogen and oxygen atoms in total. The van der Waals surface area contributed by atoms with Crippen molar-refractivity contribution in [2.45, 2.75) is 44.8 Å². The van der Waals surface area contributed by atoms with Crippen molar-refractivity contribution in [1.82, 2.24) is 0 Å². The third-order valence-corrected chi connectivity index (χ3v) is 3.54. The number of aliphatic hydroxyl groups excluding tert-OH is 1. The second kappa shape index (κ2) is 4.26. The smallest absolute Gasteiger partial charge is 0.0568 e. The quantitative estimate of drug-likeness (QED) is 0.615. The molecule has 0 amide bonds. The molecule has 0 aromatic carbocycles. The Labute approximate surface area is 72.6 Å². The predicted octanol–water partition coefficient (Wildman–Crippen LogP) is 0.957. The molecule has 2 heteroatoms. The molecule has 0 spiro atoms. The third-order valence-electron chi connectivity index (χ3n) is 2.96. The van der Waals surface area contributed by atoms with Gasteiger partial charge in [-0.3, -0.25) is 0 Å². The fourth-order valence-corrected chi connectivity index (χ4v) is 2.87. The van der Waals surface area contributed by atoms with Crippen LogP contribution in [0.2, 0.25) is 6.04 Å². The highest BCUT2D eigenvalue weighted by Gasteiger charge is 2.24. The minimum Gasteiger partial charge on any atom is -0.393 e. The van der Waals surface area contributed by atoms with E-state index in [1.165, 1.54) is 35.5 Å². The second-order valence-electron chi connectivity index (χ2n) is 4.01. The van der Waals surface area contributed by atoms with Crippen LogP contribution >= 0.6 is 0 Å². The van der Waals surface area contributed by atoms with Gasteiger partial charge in [0.2, 0.25) is 0 Å². The summed E-state index contributed by atoms with van der Waals surface area (Å²) in [6, 6.07) is 1.41. The summed E-state index contributed by atoms with van der Waals surface area (Å²) in [4.78, 5) is 0. The van der Waals surface area contributed by atoms with Crippen LogP contribution in [0.5, 0.6) is 0 Å². The first kappa shape index (κ1) is 9.27. The summed E-state index contributed by atoms with van der Waals surface area (Å²) in [5, 5.41) is 9.59. The molecule has 11 heavy (non-hydrogen) atoms. The van der Waals surface area contributed by atoms with Crippen LogP contribution < -0.4 is 0 Å². The van der Waals surface area contributed by atoms with Gasteiger partial charge >= 0.3 is 0 Å². The summed E-state index contributed by atoms with van der Waals surface area (Å²) in [6.45, 7) is 2.17. The van der Waals surface area contributed by atoms with E-state index in [-0.39, 0.29) is 6.10 Å². The van der Waals surface area contributed by atoms with Crippen LogP contribution in [-0.2, 0) is 0 Å². The standard InChI is InChI=1S/C9H20OSi/c1-7-2-3-8(4-5-11)6-9(7)10/h7-10H,2-6H2,1,11H3. The van der Waals surface area contributed by atoms with Gasteiger partial charge in [-0.1, -0.05) is 25.8 Å². The normalized spacial score (nSPS) is 39.3. The van der Waals surface area contributed by atoms with Crippen molar-refractivity contribution in [3.8, 4) is 0 Å². The Bertz CT molecular complexity index is 116. The monoisotopic (exact) mass is 172 g/mol. The number of hydrogen-bond donors (Lipinski definition) is 1. The van der Waals surface area contributed by atoms with Crippen LogP contribution in [0.3, 0.4) is 0 Å². The molecule has 0 aromatic heterocycles. The minimum absolute atomic E-state index is 0.00182. The molecule has 0 saturated heterocycles. The van der Waals surface area contributed by atoms with E-state index < -0.39 is 0 Å². The number of rotatable bonds is 2. The molecule has 1 aliphatic rings. The third kappa shape index (κ3) is 2.60. The average molecular weight is 172 g/mol. The lowest BCUT2D eigenvalue weighted by molar-refractivity contribution is 0.0524. The summed E-state index contributed by atoms with van der Waals surface area (Å²) in [7, 11) is 1.33. The van der Waals surface area contributed by atoms with Crippen molar-refractivity contribution in [1.29, 1.82) is 0 Å². The lowest BCUT2D eigenvalue weighted by atomic mass is 9.80. The molecule has 0 heterocycles. The first-order chi connectivity index (χ1) is 5.24. The van der Waals surface area contributed by atoms with Crippen molar-refractivity contribution in [3.05, 3.63) is 0 Å². The molecule has 3 unspecified atom stereocenters. The SMILES string of the molecule is CC1CCC(CC[SiH3])CC1O. The van der Waals surface area contributed by atoms with Gasteiger partial charge in [-0.05, 0) is 24.7 Å². The van der Waals surface area contributed by atoms with E-state index in [0.717, 1.165) is 12.3 Å². The maximum Gasteiger partial charge on any atom is 0.0568 e. The van der Waals surface area contributed by atoms with E-state index in [4.69, 9.17) is 0 Å². The second-order valence-corrected chi connectivity index (χ2v) is 5.01. The molecule has 0 aromatic rings. The number of hydrogen-bond acceptors (Lipinski definition) is 1. The van der Waals surface area contributed by atoms with E-state index in [2.05, 4.69) is 6.92 Å². The van der Waals surface area contributed by atoms with Crippen LogP contribution in [0.4, 0.5) is 0 Å². The van der Waals surface area contributed by atoms with Crippen molar-refractivity contribution < 1.29 is 5.11 Å². The maximum atomic E-state index is 9.59. The molecule has 1 saturated carbocycles. The first-order valence-corrected chi connectivity index (χ1v) is 6.33. The maximum absolute atomic E-state index is 9.59. The van der Waals surface area contributed by atoms with Gasteiger partial charge in [0.05, 0.1) is 6.10 Å². The Kier molecular flexibility index (Phi) is 3.59. The van der Waals surface area contributed by atoms with Gasteiger partial charge in [0, 0.05) is 10.2 Å². The van der Waals surface area contributed by atoms with E-state index in [1.54, 1.807) is 0 Å². The Balaban J connectivity index is 2.28. The summed E-state index contributed by atoms with van der Waals surface area (Å²) in [5.41, 5.74) is 0. The topological polar surface area (TPSA) is 20.2 Å². The van der Waals surface area contributed by atoms with Crippen molar-refractivity contribution in [2.24, 2.45) is 11.8 Å². The molecule has 66 valence electrons. The summed E-state index contributed by atoms with van der Waals surface area (Å²) >= 11 is 0. The molecule has 1 fully saturated rings. The van der Waals surface area contributed by atoms with E-state index >= 15 is 0 Å². The molecule has 0 aliphatic heterocycles. The zero-order valence-corrected chi connectivity index (χ0v) is 9.71. The summed E-state index contributed by atoms with van der Waals surface area (Å²) in [5.74, 6) is 1.40. The Morgan fingerprint density at radius 1 is 1.45 bits per heavy atom. The van der Waals surface area contributed by atoms with Gasteiger partial charge in [0.15, 0.2) is 0 Å². The van der Waals surface area contributed by atoms with Crippen LogP contribution in [0.1, 0.15) is 32.6 Å². The van der Waals surface area contributed by atoms with Gasteiger partial charge in [-0.25, -0.2) is 0 Å². The van der Waals surface area contributed by atoms with E-state index in [0.29, 0.717) is 5.92 Å². The highest BCUT2D eigenvalue weighted by molar-refractivity contribution is 6.08. The van der Waals surface area contributed by atoms with Gasteiger partial charge < -0.3 is 5.11 Å². The fraction of sp³-hybridized carbons (Fsp3) is 1.00. The van der Waals surface area contributed by atoms with Crippen LogP contribution in [0.25, 0.3) is 0 Å². The number of aliphatic hydroxyl groups is 1. The highest BCUT2D eigenvalue weighted by Crippen LogP contribution is 2.31. The molecular weight excluding hydrogens is 152 g/mol. The first-order valence-electron chi connectivity index (χ1n) is 4.92. The molecule has 3 atom stereocenters. The highest BCUT2D eigenvalue weighted by atomic mass is 28.1. The van der Waals surface area contributed by atoms with Crippen molar-refractivity contribution in [2.75, 3.05) is 0 Å². The van der Waals surface area contributed by atoms with Crippen LogP contribution in [-0.4, -0.2) is 21.5 Å². The molecule has 1 N–H and O–H groups in total. The zero-order chi connectivity index (χ0) is 8.27. The molecular formula is C9H20OSi. The molecule has 1 rings (SSSR count). The van der Waals surface area contributed by atoms with Gasteiger partial charge in [0.1, 0.15) is 0 Å². The average Bonchev–Trinajstić information content (AvgIpc) is 1.98. The Hall–Kier alpha value is 0.177. The molecule has 1 aliphatic carbocycles. The Morgan fingerprint density at radius 2 is 2.18 bits per heavy atom. The van der Waals surface area contributed by atoms with Crippen molar-refractivity contribution >= 4 is 10.2 Å². The van der Waals surface area contributed by atoms with Crippen molar-refractivity contribution in [3.63, 3.8) is 0 Å². The van der Waals surface area contributed by atoms with Crippen LogP contribution in [0.15, 0.2) is 0 Å². The lowest BCUT2D eigenvalue weighted by Gasteiger charge is -2.30. The minimum atomic E-state index is 0.00182. The lowest BCUT2D eigenvalue weighted by Crippen LogP contribution is -2.27. The van der Waals surface area contributed by atoms with Gasteiger partial charge in [-0.2, -0.15) is 0 Å². The summed E-state index contributed by atoms with van der Waals surface area (Å²) < 4.78 is 0. The van der Waals surface area contributed by atoms with E-state index in [9.17, 15) is 5.11 Å². The van der Waals surface area contributed by atoms with E-state index in [1.807, 2.05) is 0 Å². The van der Waals surface area contributed by atoms with Crippen LogP contribution in [0, 0.1) is 11.8 Å². The summed E-state index contributed by atoms with van der Waals surface area (Å²) in [6.07, 6.45) is 5.05. The molecule has 0 radical (unpaired) electrons. The largest absolute Gasteiger partial charge is 0.393 e.